The summed E-state index contributed by atoms with van der Waals surface area (Å²) in [5.41, 5.74) is 1.23. The van der Waals surface area contributed by atoms with E-state index in [2.05, 4.69) is 15.6 Å². The zero-order valence-corrected chi connectivity index (χ0v) is 16.5. The van der Waals surface area contributed by atoms with Gasteiger partial charge in [0.2, 0.25) is 11.8 Å². The SMILES string of the molecule is CC(NC(=O)c1ccccc1Cl)C(=O)NCc1ccnc(OC2CCCC2)c1. The van der Waals surface area contributed by atoms with Crippen LogP contribution in [0.15, 0.2) is 42.6 Å². The monoisotopic (exact) mass is 401 g/mol. The molecule has 0 aliphatic heterocycles. The van der Waals surface area contributed by atoms with Crippen molar-refractivity contribution in [2.45, 2.75) is 51.3 Å². The Kier molecular flexibility index (Phi) is 6.87. The van der Waals surface area contributed by atoms with E-state index in [0.29, 0.717) is 23.0 Å². The first-order chi connectivity index (χ1) is 13.5. The van der Waals surface area contributed by atoms with Gasteiger partial charge in [-0.3, -0.25) is 9.59 Å². The number of halogens is 1. The van der Waals surface area contributed by atoms with Gasteiger partial charge in [-0.15, -0.1) is 0 Å². The van der Waals surface area contributed by atoms with Crippen molar-refractivity contribution in [1.82, 2.24) is 15.6 Å². The number of hydrogen-bond donors (Lipinski definition) is 2. The zero-order chi connectivity index (χ0) is 19.9. The number of amides is 2. The van der Waals surface area contributed by atoms with Crippen LogP contribution in [0.5, 0.6) is 5.88 Å². The van der Waals surface area contributed by atoms with E-state index in [-0.39, 0.29) is 17.9 Å². The summed E-state index contributed by atoms with van der Waals surface area (Å²) in [5, 5.41) is 5.83. The summed E-state index contributed by atoms with van der Waals surface area (Å²) in [6.45, 7) is 1.96. The lowest BCUT2D eigenvalue weighted by molar-refractivity contribution is -0.122. The molecule has 1 atom stereocenters. The number of pyridine rings is 1. The van der Waals surface area contributed by atoms with E-state index >= 15 is 0 Å². The number of nitrogens with one attached hydrogen (secondary N) is 2. The summed E-state index contributed by atoms with van der Waals surface area (Å²) < 4.78 is 5.89. The predicted molar refractivity (Wildman–Crippen MR) is 107 cm³/mol. The fraction of sp³-hybridized carbons (Fsp3) is 0.381. The number of benzene rings is 1. The lowest BCUT2D eigenvalue weighted by Gasteiger charge is -2.15. The normalized spacial score (nSPS) is 15.1. The van der Waals surface area contributed by atoms with E-state index in [9.17, 15) is 9.59 Å². The Labute approximate surface area is 169 Å². The molecular weight excluding hydrogens is 378 g/mol. The highest BCUT2D eigenvalue weighted by Crippen LogP contribution is 2.23. The molecule has 2 N–H and O–H groups in total. The molecule has 1 aliphatic carbocycles. The molecule has 148 valence electrons. The maximum Gasteiger partial charge on any atom is 0.253 e. The third-order valence-electron chi connectivity index (χ3n) is 4.71. The predicted octanol–water partition coefficient (Wildman–Crippen LogP) is 3.49. The molecule has 2 aromatic rings. The van der Waals surface area contributed by atoms with Gasteiger partial charge in [-0.2, -0.15) is 0 Å². The van der Waals surface area contributed by atoms with E-state index in [0.717, 1.165) is 18.4 Å². The number of ether oxygens (including phenoxy) is 1. The minimum absolute atomic E-state index is 0.234. The maximum atomic E-state index is 12.3. The Hall–Kier alpha value is -2.60. The van der Waals surface area contributed by atoms with Crippen LogP contribution in [0.4, 0.5) is 0 Å². The van der Waals surface area contributed by atoms with Crippen molar-refractivity contribution in [2.24, 2.45) is 0 Å². The summed E-state index contributed by atoms with van der Waals surface area (Å²) >= 11 is 6.02. The van der Waals surface area contributed by atoms with Crippen molar-refractivity contribution < 1.29 is 14.3 Å². The highest BCUT2D eigenvalue weighted by molar-refractivity contribution is 6.33. The van der Waals surface area contributed by atoms with Crippen LogP contribution in [0.2, 0.25) is 5.02 Å². The number of aromatic nitrogens is 1. The van der Waals surface area contributed by atoms with Gasteiger partial charge in [0, 0.05) is 18.8 Å². The van der Waals surface area contributed by atoms with Crippen molar-refractivity contribution in [3.05, 3.63) is 58.7 Å². The molecule has 7 heteroatoms. The van der Waals surface area contributed by atoms with E-state index in [1.54, 1.807) is 37.4 Å². The third-order valence-corrected chi connectivity index (χ3v) is 5.04. The van der Waals surface area contributed by atoms with Gasteiger partial charge in [-0.05, 0) is 56.4 Å². The first-order valence-corrected chi connectivity index (χ1v) is 9.85. The highest BCUT2D eigenvalue weighted by atomic mass is 35.5. The van der Waals surface area contributed by atoms with Gasteiger partial charge >= 0.3 is 0 Å². The third kappa shape index (κ3) is 5.45. The van der Waals surface area contributed by atoms with Crippen molar-refractivity contribution in [1.29, 1.82) is 0 Å². The van der Waals surface area contributed by atoms with Crippen molar-refractivity contribution in [3.8, 4) is 5.88 Å². The summed E-state index contributed by atoms with van der Waals surface area (Å²) in [4.78, 5) is 28.8. The molecule has 1 unspecified atom stereocenters. The lowest BCUT2D eigenvalue weighted by atomic mass is 10.2. The molecule has 1 aromatic carbocycles. The number of hydrogen-bond acceptors (Lipinski definition) is 4. The Morgan fingerprint density at radius 1 is 1.25 bits per heavy atom. The molecule has 1 aliphatic rings. The summed E-state index contributed by atoms with van der Waals surface area (Å²) in [7, 11) is 0. The molecule has 2 amide bonds. The van der Waals surface area contributed by atoms with Gasteiger partial charge in [0.05, 0.1) is 10.6 Å². The number of rotatable bonds is 7. The quantitative estimate of drug-likeness (QED) is 0.744. The van der Waals surface area contributed by atoms with Crippen molar-refractivity contribution in [2.75, 3.05) is 0 Å². The van der Waals surface area contributed by atoms with Crippen LogP contribution in [0.1, 0.15) is 48.5 Å². The highest BCUT2D eigenvalue weighted by Gasteiger charge is 2.19. The Morgan fingerprint density at radius 2 is 2.00 bits per heavy atom. The number of carbonyl (C=O) groups is 2. The fourth-order valence-electron chi connectivity index (χ4n) is 3.13. The second-order valence-electron chi connectivity index (χ2n) is 6.92. The van der Waals surface area contributed by atoms with Gasteiger partial charge in [0.1, 0.15) is 12.1 Å². The molecular formula is C21H24ClN3O3. The summed E-state index contributed by atoms with van der Waals surface area (Å²) in [6.07, 6.45) is 6.42. The van der Waals surface area contributed by atoms with Crippen molar-refractivity contribution >= 4 is 23.4 Å². The summed E-state index contributed by atoms with van der Waals surface area (Å²) in [6, 6.07) is 9.69. The van der Waals surface area contributed by atoms with Crippen LogP contribution in [0.25, 0.3) is 0 Å². The van der Waals surface area contributed by atoms with E-state index in [1.807, 2.05) is 12.1 Å². The molecule has 28 heavy (non-hydrogen) atoms. The van der Waals surface area contributed by atoms with Gasteiger partial charge in [-0.1, -0.05) is 23.7 Å². The number of carbonyl (C=O) groups excluding carboxylic acids is 2. The van der Waals surface area contributed by atoms with Crippen molar-refractivity contribution in [3.63, 3.8) is 0 Å². The Balaban J connectivity index is 1.50. The van der Waals surface area contributed by atoms with Crippen LogP contribution in [0.3, 0.4) is 0 Å². The van der Waals surface area contributed by atoms with Gasteiger partial charge < -0.3 is 15.4 Å². The smallest absolute Gasteiger partial charge is 0.253 e. The second kappa shape index (κ2) is 9.55. The molecule has 3 rings (SSSR count). The van der Waals surface area contributed by atoms with E-state index < -0.39 is 6.04 Å². The Morgan fingerprint density at radius 3 is 2.75 bits per heavy atom. The zero-order valence-electron chi connectivity index (χ0n) is 15.8. The van der Waals surface area contributed by atoms with Gasteiger partial charge in [0.25, 0.3) is 5.91 Å². The lowest BCUT2D eigenvalue weighted by Crippen LogP contribution is -2.44. The standard InChI is InChI=1S/C21H24ClN3O3/c1-14(25-21(27)17-8-4-5-9-18(17)22)20(26)24-13-15-10-11-23-19(12-15)28-16-6-2-3-7-16/h4-5,8-12,14,16H,2-3,6-7,13H2,1H3,(H,24,26)(H,25,27). The van der Waals surface area contributed by atoms with Gasteiger partial charge in [-0.25, -0.2) is 4.98 Å². The first-order valence-electron chi connectivity index (χ1n) is 9.47. The minimum atomic E-state index is -0.695. The Bertz CT molecular complexity index is 837. The summed E-state index contributed by atoms with van der Waals surface area (Å²) in [5.74, 6) is -0.0846. The molecule has 0 saturated heterocycles. The molecule has 6 nitrogen and oxygen atoms in total. The van der Waals surface area contributed by atoms with Crippen LogP contribution in [-0.4, -0.2) is 28.9 Å². The molecule has 0 radical (unpaired) electrons. The largest absolute Gasteiger partial charge is 0.474 e. The average molecular weight is 402 g/mol. The first kappa shape index (κ1) is 20.1. The van der Waals surface area contributed by atoms with Crippen LogP contribution >= 0.6 is 11.6 Å². The molecule has 1 aromatic heterocycles. The van der Waals surface area contributed by atoms with Crippen LogP contribution in [-0.2, 0) is 11.3 Å². The van der Waals surface area contributed by atoms with E-state index in [1.165, 1.54) is 12.8 Å². The van der Waals surface area contributed by atoms with E-state index in [4.69, 9.17) is 16.3 Å². The number of nitrogens with zero attached hydrogens (tertiary/aromatic N) is 1. The maximum absolute atomic E-state index is 12.3. The average Bonchev–Trinajstić information content (AvgIpc) is 3.19. The molecule has 1 saturated carbocycles. The molecule has 1 fully saturated rings. The van der Waals surface area contributed by atoms with Crippen LogP contribution < -0.4 is 15.4 Å². The van der Waals surface area contributed by atoms with Crippen LogP contribution in [0, 0.1) is 0 Å². The fourth-order valence-corrected chi connectivity index (χ4v) is 3.35. The minimum Gasteiger partial charge on any atom is -0.474 e. The molecule has 0 bridgehead atoms. The topological polar surface area (TPSA) is 80.3 Å². The second-order valence-corrected chi connectivity index (χ2v) is 7.33. The molecule has 0 spiro atoms. The molecule has 1 heterocycles. The van der Waals surface area contributed by atoms with Gasteiger partial charge in [0.15, 0.2) is 0 Å².